The molecule has 2 spiro atoms. The number of rotatable bonds is 3. The van der Waals surface area contributed by atoms with Crippen molar-refractivity contribution in [2.45, 2.75) is 51.6 Å². The summed E-state index contributed by atoms with van der Waals surface area (Å²) >= 11 is 0. The van der Waals surface area contributed by atoms with Crippen molar-refractivity contribution in [2.75, 3.05) is 59.5 Å². The summed E-state index contributed by atoms with van der Waals surface area (Å²) in [5.41, 5.74) is 1.61. The molecule has 4 heteroatoms. The number of piperidine rings is 1. The first kappa shape index (κ1) is 16.3. The molecule has 0 aromatic heterocycles. The second-order valence-corrected chi connectivity index (χ2v) is 10.1. The van der Waals surface area contributed by atoms with E-state index < -0.39 is 0 Å². The van der Waals surface area contributed by atoms with E-state index in [-0.39, 0.29) is 11.1 Å². The molecule has 132 valence electrons. The molecule has 4 saturated heterocycles. The van der Waals surface area contributed by atoms with E-state index in [1.807, 2.05) is 0 Å². The van der Waals surface area contributed by atoms with E-state index in [0.29, 0.717) is 10.8 Å². The monoisotopic (exact) mass is 321 g/mol. The van der Waals surface area contributed by atoms with Crippen molar-refractivity contribution < 1.29 is 4.74 Å². The molecule has 4 aliphatic heterocycles. The van der Waals surface area contributed by atoms with Gasteiger partial charge in [0.2, 0.25) is 0 Å². The predicted octanol–water partition coefficient (Wildman–Crippen LogP) is 1.90. The minimum Gasteiger partial charge on any atom is -0.380 e. The molecule has 4 nitrogen and oxygen atoms in total. The summed E-state index contributed by atoms with van der Waals surface area (Å²) in [5, 5.41) is 0. The van der Waals surface area contributed by atoms with Gasteiger partial charge in [0.15, 0.2) is 0 Å². The fraction of sp³-hybridized carbons (Fsp3) is 1.00. The zero-order valence-electron chi connectivity index (χ0n) is 15.8. The summed E-state index contributed by atoms with van der Waals surface area (Å²) in [6, 6.07) is 0. The fourth-order valence-corrected chi connectivity index (χ4v) is 5.45. The first-order chi connectivity index (χ1) is 10.7. The van der Waals surface area contributed by atoms with Gasteiger partial charge in [-0.25, -0.2) is 0 Å². The molecule has 4 fully saturated rings. The standard InChI is InChI=1S/C19H35N3O/c1-16(2,21-8-6-18(7-9-21)14-23-15-18)17(3,4)22-12-19(13-22)10-20(5)11-19/h6-15H2,1-5H3. The average Bonchev–Trinajstić information content (AvgIpc) is 2.39. The zero-order chi connectivity index (χ0) is 16.5. The van der Waals surface area contributed by atoms with Crippen LogP contribution in [0.5, 0.6) is 0 Å². The minimum atomic E-state index is 0.219. The Hall–Kier alpha value is -0.160. The lowest BCUT2D eigenvalue weighted by molar-refractivity contribution is -0.186. The second-order valence-electron chi connectivity index (χ2n) is 10.1. The van der Waals surface area contributed by atoms with E-state index >= 15 is 0 Å². The van der Waals surface area contributed by atoms with E-state index in [0.717, 1.165) is 13.2 Å². The Kier molecular flexibility index (Phi) is 3.50. The van der Waals surface area contributed by atoms with Gasteiger partial charge in [0.1, 0.15) is 0 Å². The van der Waals surface area contributed by atoms with E-state index in [1.165, 1.54) is 52.1 Å². The molecular weight excluding hydrogens is 286 g/mol. The third-order valence-electron chi connectivity index (χ3n) is 7.98. The highest BCUT2D eigenvalue weighted by Gasteiger charge is 2.58. The molecule has 0 amide bonds. The van der Waals surface area contributed by atoms with Crippen molar-refractivity contribution in [2.24, 2.45) is 10.8 Å². The summed E-state index contributed by atoms with van der Waals surface area (Å²) < 4.78 is 5.49. The Labute approximate surface area is 142 Å². The van der Waals surface area contributed by atoms with Crippen LogP contribution in [0.4, 0.5) is 0 Å². The van der Waals surface area contributed by atoms with Gasteiger partial charge < -0.3 is 9.64 Å². The molecule has 0 saturated carbocycles. The van der Waals surface area contributed by atoms with Crippen molar-refractivity contribution in [1.82, 2.24) is 14.7 Å². The summed E-state index contributed by atoms with van der Waals surface area (Å²) in [6.45, 7) is 19.6. The van der Waals surface area contributed by atoms with Crippen molar-refractivity contribution >= 4 is 0 Å². The van der Waals surface area contributed by atoms with Gasteiger partial charge in [0, 0.05) is 48.1 Å². The van der Waals surface area contributed by atoms with Crippen LogP contribution in [0.15, 0.2) is 0 Å². The SMILES string of the molecule is CN1CC2(C1)CN(C(C)(C)C(C)(C)N1CCC3(CC1)COC3)C2. The maximum absolute atomic E-state index is 5.49. The predicted molar refractivity (Wildman–Crippen MR) is 93.7 cm³/mol. The Morgan fingerprint density at radius 3 is 1.70 bits per heavy atom. The Bertz CT molecular complexity index is 459. The smallest absolute Gasteiger partial charge is 0.0545 e. The zero-order valence-corrected chi connectivity index (χ0v) is 15.8. The third kappa shape index (κ3) is 2.32. The fourth-order valence-electron chi connectivity index (χ4n) is 5.45. The molecule has 4 aliphatic rings. The Balaban J connectivity index is 1.39. The van der Waals surface area contributed by atoms with Crippen LogP contribution in [-0.2, 0) is 4.74 Å². The van der Waals surface area contributed by atoms with Crippen molar-refractivity contribution in [3.8, 4) is 0 Å². The molecule has 4 heterocycles. The molecule has 0 aromatic rings. The van der Waals surface area contributed by atoms with Crippen molar-refractivity contribution in [1.29, 1.82) is 0 Å². The van der Waals surface area contributed by atoms with E-state index in [1.54, 1.807) is 0 Å². The van der Waals surface area contributed by atoms with E-state index in [4.69, 9.17) is 4.74 Å². The maximum atomic E-state index is 5.49. The highest BCUT2D eigenvalue weighted by molar-refractivity contribution is 5.13. The molecule has 0 unspecified atom stereocenters. The largest absolute Gasteiger partial charge is 0.380 e. The van der Waals surface area contributed by atoms with Gasteiger partial charge in [0.05, 0.1) is 13.2 Å². The number of hydrogen-bond donors (Lipinski definition) is 0. The number of nitrogens with zero attached hydrogens (tertiary/aromatic N) is 3. The van der Waals surface area contributed by atoms with Gasteiger partial charge in [-0.3, -0.25) is 9.80 Å². The average molecular weight is 322 g/mol. The van der Waals surface area contributed by atoms with Gasteiger partial charge in [-0.2, -0.15) is 0 Å². The minimum absolute atomic E-state index is 0.219. The molecule has 0 aliphatic carbocycles. The summed E-state index contributed by atoms with van der Waals surface area (Å²) in [4.78, 5) is 7.96. The highest BCUT2D eigenvalue weighted by Crippen LogP contribution is 2.47. The molecular formula is C19H35N3O. The molecule has 0 atom stereocenters. The number of ether oxygens (including phenoxy) is 1. The van der Waals surface area contributed by atoms with Crippen LogP contribution in [0.3, 0.4) is 0 Å². The van der Waals surface area contributed by atoms with Gasteiger partial charge >= 0.3 is 0 Å². The molecule has 23 heavy (non-hydrogen) atoms. The van der Waals surface area contributed by atoms with E-state index in [2.05, 4.69) is 49.4 Å². The summed E-state index contributed by atoms with van der Waals surface area (Å²) in [7, 11) is 2.25. The van der Waals surface area contributed by atoms with Gasteiger partial charge in [-0.1, -0.05) is 0 Å². The summed E-state index contributed by atoms with van der Waals surface area (Å²) in [5.74, 6) is 0. The van der Waals surface area contributed by atoms with Crippen molar-refractivity contribution in [3.05, 3.63) is 0 Å². The van der Waals surface area contributed by atoms with Crippen LogP contribution in [0.1, 0.15) is 40.5 Å². The maximum Gasteiger partial charge on any atom is 0.0545 e. The highest BCUT2D eigenvalue weighted by atomic mass is 16.5. The van der Waals surface area contributed by atoms with Crippen LogP contribution in [0.25, 0.3) is 0 Å². The number of hydrogen-bond acceptors (Lipinski definition) is 4. The topological polar surface area (TPSA) is 19.0 Å². The normalized spacial score (nSPS) is 31.7. The third-order valence-corrected chi connectivity index (χ3v) is 7.98. The molecule has 0 radical (unpaired) electrons. The van der Waals surface area contributed by atoms with Gasteiger partial charge in [0.25, 0.3) is 0 Å². The van der Waals surface area contributed by atoms with Crippen LogP contribution in [0.2, 0.25) is 0 Å². The lowest BCUT2D eigenvalue weighted by atomic mass is 9.67. The van der Waals surface area contributed by atoms with Crippen LogP contribution < -0.4 is 0 Å². The van der Waals surface area contributed by atoms with Gasteiger partial charge in [-0.05, 0) is 60.7 Å². The lowest BCUT2D eigenvalue weighted by Gasteiger charge is -2.67. The second kappa shape index (κ2) is 4.94. The molecule has 4 rings (SSSR count). The Morgan fingerprint density at radius 2 is 1.26 bits per heavy atom. The molecule has 0 aromatic carbocycles. The quantitative estimate of drug-likeness (QED) is 0.790. The van der Waals surface area contributed by atoms with Crippen LogP contribution in [-0.4, -0.2) is 85.3 Å². The first-order valence-corrected chi connectivity index (χ1v) is 9.45. The van der Waals surface area contributed by atoms with Crippen LogP contribution >= 0.6 is 0 Å². The molecule has 0 N–H and O–H groups in total. The van der Waals surface area contributed by atoms with E-state index in [9.17, 15) is 0 Å². The summed E-state index contributed by atoms with van der Waals surface area (Å²) in [6.07, 6.45) is 2.64. The number of likely N-dealkylation sites (tertiary alicyclic amines) is 3. The Morgan fingerprint density at radius 1 is 0.739 bits per heavy atom. The van der Waals surface area contributed by atoms with Crippen LogP contribution in [0, 0.1) is 10.8 Å². The lowest BCUT2D eigenvalue weighted by Crippen LogP contribution is -2.79. The first-order valence-electron chi connectivity index (χ1n) is 9.45. The van der Waals surface area contributed by atoms with Gasteiger partial charge in [-0.15, -0.1) is 0 Å². The molecule has 0 bridgehead atoms. The van der Waals surface area contributed by atoms with Crippen molar-refractivity contribution in [3.63, 3.8) is 0 Å².